The molecule has 0 radical (unpaired) electrons. The quantitative estimate of drug-likeness (QED) is 0.783. The van der Waals surface area contributed by atoms with Crippen molar-refractivity contribution in [2.45, 2.75) is 32.4 Å². The van der Waals surface area contributed by atoms with E-state index in [0.717, 1.165) is 6.42 Å². The second-order valence-electron chi connectivity index (χ2n) is 3.74. The van der Waals surface area contributed by atoms with Gasteiger partial charge in [-0.25, -0.2) is 4.39 Å². The van der Waals surface area contributed by atoms with Gasteiger partial charge in [-0.2, -0.15) is 0 Å². The molecule has 3 heteroatoms. The SMILES string of the molecule is CC[C@@H](NC[C@H](C)O)c1ccccc1F. The Hall–Kier alpha value is -0.930. The molecule has 0 aliphatic heterocycles. The van der Waals surface area contributed by atoms with Gasteiger partial charge in [-0.1, -0.05) is 25.1 Å². The summed E-state index contributed by atoms with van der Waals surface area (Å²) in [6.45, 7) is 4.18. The lowest BCUT2D eigenvalue weighted by Crippen LogP contribution is -2.28. The molecule has 0 unspecified atom stereocenters. The summed E-state index contributed by atoms with van der Waals surface area (Å²) in [4.78, 5) is 0. The predicted octanol–water partition coefficient (Wildman–Crippen LogP) is 2.25. The van der Waals surface area contributed by atoms with Gasteiger partial charge in [0.05, 0.1) is 6.10 Å². The van der Waals surface area contributed by atoms with Crippen LogP contribution in [0.25, 0.3) is 0 Å². The van der Waals surface area contributed by atoms with E-state index in [1.54, 1.807) is 19.1 Å². The average Bonchev–Trinajstić information content (AvgIpc) is 2.21. The molecule has 0 aliphatic rings. The van der Waals surface area contributed by atoms with Gasteiger partial charge in [0, 0.05) is 18.2 Å². The molecule has 0 saturated heterocycles. The van der Waals surface area contributed by atoms with E-state index < -0.39 is 6.10 Å². The second-order valence-corrected chi connectivity index (χ2v) is 3.74. The first-order valence-corrected chi connectivity index (χ1v) is 5.31. The molecule has 84 valence electrons. The fourth-order valence-corrected chi connectivity index (χ4v) is 1.54. The smallest absolute Gasteiger partial charge is 0.127 e. The third-order valence-corrected chi connectivity index (χ3v) is 2.35. The Balaban J connectivity index is 2.70. The third kappa shape index (κ3) is 3.61. The largest absolute Gasteiger partial charge is 0.392 e. The summed E-state index contributed by atoms with van der Waals surface area (Å²) in [5, 5.41) is 12.3. The first-order valence-electron chi connectivity index (χ1n) is 5.31. The number of benzene rings is 1. The number of halogens is 1. The van der Waals surface area contributed by atoms with E-state index >= 15 is 0 Å². The average molecular weight is 211 g/mol. The van der Waals surface area contributed by atoms with E-state index in [0.29, 0.717) is 12.1 Å². The Morgan fingerprint density at radius 1 is 1.40 bits per heavy atom. The lowest BCUT2D eigenvalue weighted by atomic mass is 10.0. The van der Waals surface area contributed by atoms with Crippen LogP contribution in [0.5, 0.6) is 0 Å². The molecule has 0 saturated carbocycles. The molecular weight excluding hydrogens is 193 g/mol. The maximum atomic E-state index is 13.4. The van der Waals surface area contributed by atoms with Crippen LogP contribution in [0.15, 0.2) is 24.3 Å². The highest BCUT2D eigenvalue weighted by atomic mass is 19.1. The molecule has 15 heavy (non-hydrogen) atoms. The predicted molar refractivity (Wildman–Crippen MR) is 59.1 cm³/mol. The Bertz CT molecular complexity index is 301. The van der Waals surface area contributed by atoms with Crippen molar-refractivity contribution < 1.29 is 9.50 Å². The molecule has 0 fully saturated rings. The monoisotopic (exact) mass is 211 g/mol. The summed E-state index contributed by atoms with van der Waals surface area (Å²) in [5.41, 5.74) is 0.667. The normalized spacial score (nSPS) is 14.9. The summed E-state index contributed by atoms with van der Waals surface area (Å²) in [6, 6.07) is 6.71. The van der Waals surface area contributed by atoms with E-state index in [9.17, 15) is 4.39 Å². The molecule has 2 atom stereocenters. The van der Waals surface area contributed by atoms with Gasteiger partial charge in [0.2, 0.25) is 0 Å². The van der Waals surface area contributed by atoms with Gasteiger partial charge in [0.25, 0.3) is 0 Å². The van der Waals surface area contributed by atoms with E-state index in [4.69, 9.17) is 5.11 Å². The van der Waals surface area contributed by atoms with Crippen LogP contribution in [0.1, 0.15) is 31.9 Å². The third-order valence-electron chi connectivity index (χ3n) is 2.35. The Morgan fingerprint density at radius 3 is 2.60 bits per heavy atom. The van der Waals surface area contributed by atoms with Crippen LogP contribution < -0.4 is 5.32 Å². The molecule has 1 rings (SSSR count). The molecule has 0 bridgehead atoms. The molecule has 0 aromatic heterocycles. The van der Waals surface area contributed by atoms with Crippen LogP contribution in [-0.2, 0) is 0 Å². The Kier molecular flexibility index (Phi) is 4.72. The lowest BCUT2D eigenvalue weighted by Gasteiger charge is -2.18. The van der Waals surface area contributed by atoms with E-state index in [1.165, 1.54) is 6.07 Å². The molecular formula is C12H18FNO. The fraction of sp³-hybridized carbons (Fsp3) is 0.500. The van der Waals surface area contributed by atoms with E-state index in [-0.39, 0.29) is 11.9 Å². The van der Waals surface area contributed by atoms with Gasteiger partial charge in [-0.3, -0.25) is 0 Å². The summed E-state index contributed by atoms with van der Waals surface area (Å²) >= 11 is 0. The van der Waals surface area contributed by atoms with Crippen molar-refractivity contribution in [2.24, 2.45) is 0 Å². The van der Waals surface area contributed by atoms with Crippen LogP contribution in [-0.4, -0.2) is 17.8 Å². The Morgan fingerprint density at radius 2 is 2.07 bits per heavy atom. The van der Waals surface area contributed by atoms with Crippen molar-refractivity contribution in [3.63, 3.8) is 0 Å². The van der Waals surface area contributed by atoms with Crippen LogP contribution in [0.2, 0.25) is 0 Å². The van der Waals surface area contributed by atoms with Gasteiger partial charge in [0.1, 0.15) is 5.82 Å². The highest BCUT2D eigenvalue weighted by Crippen LogP contribution is 2.19. The topological polar surface area (TPSA) is 32.3 Å². The number of rotatable bonds is 5. The van der Waals surface area contributed by atoms with Crippen molar-refractivity contribution in [3.8, 4) is 0 Å². The second kappa shape index (κ2) is 5.83. The maximum absolute atomic E-state index is 13.4. The zero-order valence-corrected chi connectivity index (χ0v) is 9.20. The molecule has 0 aliphatic carbocycles. The maximum Gasteiger partial charge on any atom is 0.127 e. The summed E-state index contributed by atoms with van der Waals surface area (Å²) in [6.07, 6.45) is 0.388. The van der Waals surface area contributed by atoms with Crippen LogP contribution >= 0.6 is 0 Å². The number of nitrogens with one attached hydrogen (secondary N) is 1. The molecule has 0 amide bonds. The van der Waals surface area contributed by atoms with Crippen molar-refractivity contribution >= 4 is 0 Å². The lowest BCUT2D eigenvalue weighted by molar-refractivity contribution is 0.185. The molecule has 2 nitrogen and oxygen atoms in total. The van der Waals surface area contributed by atoms with Crippen molar-refractivity contribution in [1.82, 2.24) is 5.32 Å². The highest BCUT2D eigenvalue weighted by Gasteiger charge is 2.12. The minimum Gasteiger partial charge on any atom is -0.392 e. The minimum atomic E-state index is -0.411. The summed E-state index contributed by atoms with van der Waals surface area (Å²) < 4.78 is 13.4. The van der Waals surface area contributed by atoms with E-state index in [2.05, 4.69) is 5.32 Å². The first kappa shape index (κ1) is 12.1. The number of hydrogen-bond acceptors (Lipinski definition) is 2. The van der Waals surface area contributed by atoms with Crippen molar-refractivity contribution in [3.05, 3.63) is 35.6 Å². The molecule has 0 spiro atoms. The number of aliphatic hydroxyl groups is 1. The minimum absolute atomic E-state index is 0.0270. The van der Waals surface area contributed by atoms with Crippen molar-refractivity contribution in [1.29, 1.82) is 0 Å². The fourth-order valence-electron chi connectivity index (χ4n) is 1.54. The van der Waals surface area contributed by atoms with Crippen LogP contribution in [0, 0.1) is 5.82 Å². The highest BCUT2D eigenvalue weighted by molar-refractivity contribution is 5.21. The van der Waals surface area contributed by atoms with E-state index in [1.807, 2.05) is 13.0 Å². The van der Waals surface area contributed by atoms with Gasteiger partial charge < -0.3 is 10.4 Å². The zero-order chi connectivity index (χ0) is 11.3. The van der Waals surface area contributed by atoms with Gasteiger partial charge >= 0.3 is 0 Å². The van der Waals surface area contributed by atoms with Crippen LogP contribution in [0.4, 0.5) is 4.39 Å². The van der Waals surface area contributed by atoms with Gasteiger partial charge in [-0.15, -0.1) is 0 Å². The zero-order valence-electron chi connectivity index (χ0n) is 9.20. The molecule has 0 heterocycles. The van der Waals surface area contributed by atoms with Crippen molar-refractivity contribution in [2.75, 3.05) is 6.54 Å². The van der Waals surface area contributed by atoms with Crippen LogP contribution in [0.3, 0.4) is 0 Å². The first-order chi connectivity index (χ1) is 7.15. The van der Waals surface area contributed by atoms with Gasteiger partial charge in [0.15, 0.2) is 0 Å². The molecule has 2 N–H and O–H groups in total. The summed E-state index contributed by atoms with van der Waals surface area (Å²) in [5.74, 6) is -0.192. The standard InChI is InChI=1S/C12H18FNO/c1-3-12(14-8-9(2)15)10-6-4-5-7-11(10)13/h4-7,9,12,14-15H,3,8H2,1-2H3/t9-,12+/m0/s1. The Labute approximate surface area is 90.1 Å². The van der Waals surface area contributed by atoms with Gasteiger partial charge in [-0.05, 0) is 19.4 Å². The summed E-state index contributed by atoms with van der Waals surface area (Å²) in [7, 11) is 0. The molecule has 1 aromatic rings. The molecule has 1 aromatic carbocycles. The number of aliphatic hydroxyl groups excluding tert-OH is 1. The number of hydrogen-bond donors (Lipinski definition) is 2.